The number of nitrogens with zero attached hydrogens (tertiary/aromatic N) is 4. The predicted octanol–water partition coefficient (Wildman–Crippen LogP) is 3.51. The van der Waals surface area contributed by atoms with Gasteiger partial charge < -0.3 is 34.3 Å². The van der Waals surface area contributed by atoms with Crippen LogP contribution in [0, 0.1) is 0 Å². The molecule has 0 aliphatic carbocycles. The van der Waals surface area contributed by atoms with Crippen molar-refractivity contribution in [3.8, 4) is 17.2 Å². The van der Waals surface area contributed by atoms with E-state index in [-0.39, 0.29) is 6.04 Å². The Morgan fingerprint density at radius 3 is 2.33 bits per heavy atom. The number of fused-ring (bicyclic) bond motifs is 1. The second-order valence-corrected chi connectivity index (χ2v) is 10.4. The van der Waals surface area contributed by atoms with Crippen molar-refractivity contribution in [1.29, 1.82) is 0 Å². The van der Waals surface area contributed by atoms with Crippen LogP contribution >= 0.6 is 0 Å². The molecule has 0 radical (unpaired) electrons. The maximum absolute atomic E-state index is 13.4. The Labute approximate surface area is 244 Å². The number of carbonyl (C=O) groups excluding carboxylic acids is 3. The van der Waals surface area contributed by atoms with Gasteiger partial charge in [-0.1, -0.05) is 35.4 Å². The van der Waals surface area contributed by atoms with Gasteiger partial charge in [0.15, 0.2) is 0 Å². The lowest BCUT2D eigenvalue weighted by Crippen LogP contribution is -2.57. The summed E-state index contributed by atoms with van der Waals surface area (Å²) in [6.45, 7) is 2.80. The molecule has 3 heterocycles. The number of hydrogen-bond acceptors (Lipinski definition) is 8. The molecule has 1 N–H and O–H groups in total. The molecule has 2 atom stereocenters. The minimum absolute atomic E-state index is 0.298. The topological polar surface area (TPSA) is 104 Å². The monoisotopic (exact) mass is 571 g/mol. The van der Waals surface area contributed by atoms with Crippen molar-refractivity contribution in [2.45, 2.75) is 18.5 Å². The van der Waals surface area contributed by atoms with Gasteiger partial charge in [-0.05, 0) is 60.5 Å². The SMILES string of the molecule is COc1ccc(N2CCN(C(=O)ON3C(=O)C4CNCC(Cc5cccc(Oc6ccccc6)c5)N4C3=O)CC2)cc1. The molecular weight excluding hydrogens is 538 g/mol. The van der Waals surface area contributed by atoms with Crippen molar-refractivity contribution in [3.05, 3.63) is 84.4 Å². The second-order valence-electron chi connectivity index (χ2n) is 10.4. The van der Waals surface area contributed by atoms with Crippen LogP contribution in [0.3, 0.4) is 0 Å². The van der Waals surface area contributed by atoms with Gasteiger partial charge in [-0.2, -0.15) is 0 Å². The van der Waals surface area contributed by atoms with E-state index in [1.165, 1.54) is 4.90 Å². The lowest BCUT2D eigenvalue weighted by molar-refractivity contribution is -0.151. The summed E-state index contributed by atoms with van der Waals surface area (Å²) in [5.74, 6) is 1.66. The Balaban J connectivity index is 1.07. The van der Waals surface area contributed by atoms with E-state index < -0.39 is 24.1 Å². The predicted molar refractivity (Wildman–Crippen MR) is 154 cm³/mol. The maximum Gasteiger partial charge on any atom is 0.434 e. The van der Waals surface area contributed by atoms with Gasteiger partial charge in [-0.3, -0.25) is 4.79 Å². The molecule has 11 heteroatoms. The van der Waals surface area contributed by atoms with Crippen LogP contribution in [0.15, 0.2) is 78.9 Å². The van der Waals surface area contributed by atoms with Gasteiger partial charge in [-0.15, -0.1) is 0 Å². The Morgan fingerprint density at radius 2 is 1.60 bits per heavy atom. The summed E-state index contributed by atoms with van der Waals surface area (Å²) >= 11 is 0. The van der Waals surface area contributed by atoms with Crippen molar-refractivity contribution in [2.24, 2.45) is 0 Å². The van der Waals surface area contributed by atoms with Gasteiger partial charge >= 0.3 is 12.1 Å². The number of rotatable bonds is 7. The normalized spacial score (nSPS) is 20.4. The highest BCUT2D eigenvalue weighted by molar-refractivity contribution is 6.04. The Hall–Kier alpha value is -4.77. The zero-order valence-corrected chi connectivity index (χ0v) is 23.3. The molecule has 3 aliphatic rings. The van der Waals surface area contributed by atoms with Gasteiger partial charge in [0.25, 0.3) is 5.91 Å². The van der Waals surface area contributed by atoms with Crippen molar-refractivity contribution < 1.29 is 28.7 Å². The van der Waals surface area contributed by atoms with Gasteiger partial charge in [-0.25, -0.2) is 9.59 Å². The van der Waals surface area contributed by atoms with E-state index in [9.17, 15) is 14.4 Å². The minimum Gasteiger partial charge on any atom is -0.497 e. The van der Waals surface area contributed by atoms with Crippen LogP contribution < -0.4 is 19.7 Å². The van der Waals surface area contributed by atoms with Gasteiger partial charge in [0.05, 0.1) is 13.2 Å². The number of urea groups is 1. The Morgan fingerprint density at radius 1 is 0.857 bits per heavy atom. The van der Waals surface area contributed by atoms with Gasteiger partial charge in [0.1, 0.15) is 23.3 Å². The number of nitrogens with one attached hydrogen (secondary N) is 1. The highest BCUT2D eigenvalue weighted by Crippen LogP contribution is 2.28. The molecule has 2 unspecified atom stereocenters. The number of methoxy groups -OCH3 is 1. The molecule has 218 valence electrons. The average molecular weight is 572 g/mol. The van der Waals surface area contributed by atoms with E-state index in [0.29, 0.717) is 56.5 Å². The fraction of sp³-hybridized carbons (Fsp3) is 0.323. The third-order valence-electron chi connectivity index (χ3n) is 7.82. The molecule has 3 aromatic rings. The standard InChI is InChI=1S/C31H33N5O6/c1-40-25-12-10-23(11-13-25)33-14-16-34(17-15-33)31(39)42-36-29(37)28-21-32-20-24(35(28)30(36)38)18-22-6-5-9-27(19-22)41-26-7-3-2-4-8-26/h2-13,19,24,28,32H,14-18,20-21H2,1H3. The minimum atomic E-state index is -0.736. The van der Waals surface area contributed by atoms with Crippen LogP contribution in [0.5, 0.6) is 17.2 Å². The molecule has 0 aromatic heterocycles. The molecule has 11 nitrogen and oxygen atoms in total. The molecule has 0 bridgehead atoms. The largest absolute Gasteiger partial charge is 0.497 e. The first-order valence-corrected chi connectivity index (χ1v) is 14.0. The summed E-state index contributed by atoms with van der Waals surface area (Å²) in [4.78, 5) is 50.3. The molecule has 3 saturated heterocycles. The summed E-state index contributed by atoms with van der Waals surface area (Å²) in [5.41, 5.74) is 1.99. The number of carbonyl (C=O) groups is 3. The Bertz CT molecular complexity index is 1430. The fourth-order valence-corrected chi connectivity index (χ4v) is 5.63. The van der Waals surface area contributed by atoms with Crippen molar-refractivity contribution in [2.75, 3.05) is 51.3 Å². The maximum atomic E-state index is 13.4. The fourth-order valence-electron chi connectivity index (χ4n) is 5.63. The third kappa shape index (κ3) is 5.68. The van der Waals surface area contributed by atoms with Crippen molar-refractivity contribution in [1.82, 2.24) is 20.2 Å². The zero-order valence-electron chi connectivity index (χ0n) is 23.3. The van der Waals surface area contributed by atoms with Crippen LogP contribution in [-0.4, -0.2) is 91.4 Å². The number of imide groups is 1. The molecule has 42 heavy (non-hydrogen) atoms. The number of hydroxylamine groups is 2. The average Bonchev–Trinajstić information content (AvgIpc) is 3.27. The van der Waals surface area contributed by atoms with E-state index in [4.69, 9.17) is 14.3 Å². The number of para-hydroxylation sites is 1. The smallest absolute Gasteiger partial charge is 0.434 e. The molecule has 0 saturated carbocycles. The van der Waals surface area contributed by atoms with Crippen LogP contribution in [0.2, 0.25) is 0 Å². The van der Waals surface area contributed by atoms with Crippen molar-refractivity contribution in [3.63, 3.8) is 0 Å². The van der Waals surface area contributed by atoms with E-state index in [1.807, 2.05) is 78.9 Å². The summed E-state index contributed by atoms with van der Waals surface area (Å²) < 4.78 is 11.2. The first-order valence-electron chi connectivity index (χ1n) is 14.0. The Kier molecular flexibility index (Phi) is 7.83. The third-order valence-corrected chi connectivity index (χ3v) is 7.82. The number of anilines is 1. The lowest BCUT2D eigenvalue weighted by Gasteiger charge is -2.36. The molecule has 0 spiro atoms. The zero-order chi connectivity index (χ0) is 29.1. The summed E-state index contributed by atoms with van der Waals surface area (Å²) in [5, 5.41) is 3.90. The molecular formula is C31H33N5O6. The number of piperazine rings is 2. The van der Waals surface area contributed by atoms with Crippen molar-refractivity contribution >= 4 is 23.7 Å². The molecule has 3 fully saturated rings. The number of benzene rings is 3. The summed E-state index contributed by atoms with van der Waals surface area (Å²) in [6.07, 6.45) is -0.204. The number of amides is 4. The van der Waals surface area contributed by atoms with Crippen LogP contribution in [0.1, 0.15) is 5.56 Å². The highest BCUT2D eigenvalue weighted by Gasteiger charge is 2.52. The van der Waals surface area contributed by atoms with E-state index in [1.54, 1.807) is 12.0 Å². The van der Waals surface area contributed by atoms with Gasteiger partial charge in [0, 0.05) is 45.0 Å². The number of hydrogen-bond donors (Lipinski definition) is 1. The first kappa shape index (κ1) is 27.4. The van der Waals surface area contributed by atoms with Crippen LogP contribution in [0.25, 0.3) is 0 Å². The molecule has 3 aromatic carbocycles. The lowest BCUT2D eigenvalue weighted by atomic mass is 10.0. The summed E-state index contributed by atoms with van der Waals surface area (Å²) in [6, 6.07) is 23.3. The van der Waals surface area contributed by atoms with E-state index in [0.717, 1.165) is 22.7 Å². The van der Waals surface area contributed by atoms with Crippen LogP contribution in [-0.2, 0) is 16.1 Å². The first-order chi connectivity index (χ1) is 20.5. The molecule has 4 amide bonds. The molecule has 3 aliphatic heterocycles. The molecule has 6 rings (SSSR count). The van der Waals surface area contributed by atoms with Gasteiger partial charge in [0.2, 0.25) is 0 Å². The van der Waals surface area contributed by atoms with E-state index >= 15 is 0 Å². The quantitative estimate of drug-likeness (QED) is 0.430. The summed E-state index contributed by atoms with van der Waals surface area (Å²) in [7, 11) is 1.62. The highest BCUT2D eigenvalue weighted by atomic mass is 16.7. The second kappa shape index (κ2) is 12.0. The van der Waals surface area contributed by atoms with Crippen LogP contribution in [0.4, 0.5) is 15.3 Å². The van der Waals surface area contributed by atoms with E-state index in [2.05, 4.69) is 10.2 Å². The number of ether oxygens (including phenoxy) is 2.